The van der Waals surface area contributed by atoms with E-state index >= 15 is 0 Å². The second-order valence-electron chi connectivity index (χ2n) is 6.64. The second-order valence-corrected chi connectivity index (χ2v) is 6.64. The number of hydrogen-bond acceptors (Lipinski definition) is 6. The van der Waals surface area contributed by atoms with E-state index in [1.807, 2.05) is 30.3 Å². The van der Waals surface area contributed by atoms with Crippen molar-refractivity contribution in [1.82, 2.24) is 19.6 Å². The van der Waals surface area contributed by atoms with Crippen LogP contribution in [0.3, 0.4) is 0 Å². The first kappa shape index (κ1) is 16.8. The van der Waals surface area contributed by atoms with Gasteiger partial charge >= 0.3 is 0 Å². The van der Waals surface area contributed by atoms with Crippen LogP contribution in [-0.2, 0) is 0 Å². The van der Waals surface area contributed by atoms with E-state index in [2.05, 4.69) is 21.1 Å². The molecule has 8 nitrogen and oxygen atoms in total. The summed E-state index contributed by atoms with van der Waals surface area (Å²) in [6.07, 6.45) is 0. The van der Waals surface area contributed by atoms with Gasteiger partial charge in [0.25, 0.3) is 5.56 Å². The van der Waals surface area contributed by atoms with Gasteiger partial charge in [0.1, 0.15) is 22.8 Å². The Bertz CT molecular complexity index is 1500. The minimum absolute atomic E-state index is 0.159. The molecule has 5 rings (SSSR count). The molecule has 0 atom stereocenters. The first-order chi connectivity index (χ1) is 14.1. The monoisotopic (exact) mass is 382 g/mol. The number of rotatable bonds is 2. The molecule has 2 aromatic carbocycles. The lowest BCUT2D eigenvalue weighted by Gasteiger charge is -2.05. The molecule has 5 aromatic rings. The first-order valence-corrected chi connectivity index (χ1v) is 8.84. The number of nitrogens with zero attached hydrogens (tertiary/aromatic N) is 4. The number of anilines is 1. The van der Waals surface area contributed by atoms with Crippen molar-refractivity contribution < 1.29 is 4.42 Å². The molecule has 8 heteroatoms. The molecule has 0 aliphatic rings. The number of benzene rings is 2. The van der Waals surface area contributed by atoms with Gasteiger partial charge in [0.15, 0.2) is 11.3 Å². The SMILES string of the molecule is Cc1[nH]c2c(-c3ccccc3)c(C#N)nn2c(=O)c1-c1nc2cc(N)ccc2o1. The third-order valence-electron chi connectivity index (χ3n) is 4.77. The fourth-order valence-electron chi connectivity index (χ4n) is 3.45. The van der Waals surface area contributed by atoms with Gasteiger partial charge in [-0.15, -0.1) is 0 Å². The van der Waals surface area contributed by atoms with Gasteiger partial charge in [0.2, 0.25) is 5.89 Å². The molecule has 0 spiro atoms. The number of fused-ring (bicyclic) bond motifs is 2. The summed E-state index contributed by atoms with van der Waals surface area (Å²) >= 11 is 0. The van der Waals surface area contributed by atoms with Crippen molar-refractivity contribution in [2.75, 3.05) is 5.73 Å². The molecule has 0 amide bonds. The van der Waals surface area contributed by atoms with Crippen molar-refractivity contribution in [1.29, 1.82) is 5.26 Å². The summed E-state index contributed by atoms with van der Waals surface area (Å²) in [5, 5.41) is 13.8. The lowest BCUT2D eigenvalue weighted by Crippen LogP contribution is -2.19. The molecule has 0 fully saturated rings. The van der Waals surface area contributed by atoms with Crippen LogP contribution < -0.4 is 11.3 Å². The zero-order valence-corrected chi connectivity index (χ0v) is 15.3. The summed E-state index contributed by atoms with van der Waals surface area (Å²) in [4.78, 5) is 20.9. The Morgan fingerprint density at radius 2 is 1.97 bits per heavy atom. The minimum atomic E-state index is -0.422. The van der Waals surface area contributed by atoms with E-state index in [1.165, 1.54) is 4.52 Å². The predicted octanol–water partition coefficient (Wildman–Crippen LogP) is 3.26. The third-order valence-corrected chi connectivity index (χ3v) is 4.77. The number of nitrogen functional groups attached to an aromatic ring is 1. The van der Waals surface area contributed by atoms with Crippen LogP contribution in [0.25, 0.3) is 39.3 Å². The topological polar surface area (TPSA) is 126 Å². The standard InChI is InChI=1S/C21H14N6O2/c1-11-17(20-25-14-9-13(23)7-8-16(14)29-20)21(28)27-19(24-11)18(15(10-22)26-27)12-5-3-2-4-6-12/h2-9,24H,23H2,1H3. The summed E-state index contributed by atoms with van der Waals surface area (Å²) in [6, 6.07) is 16.5. The Labute approximate surface area is 163 Å². The van der Waals surface area contributed by atoms with Crippen molar-refractivity contribution in [3.05, 3.63) is 70.3 Å². The average molecular weight is 382 g/mol. The summed E-state index contributed by atoms with van der Waals surface area (Å²) in [5.41, 5.74) is 9.79. The Kier molecular flexibility index (Phi) is 3.51. The molecule has 0 saturated carbocycles. The highest BCUT2D eigenvalue weighted by molar-refractivity contribution is 5.83. The number of nitriles is 1. The number of aryl methyl sites for hydroxylation is 1. The number of H-pyrrole nitrogens is 1. The highest BCUT2D eigenvalue weighted by atomic mass is 16.3. The maximum Gasteiger partial charge on any atom is 0.287 e. The Balaban J connectivity index is 1.81. The maximum absolute atomic E-state index is 13.3. The average Bonchev–Trinajstić information content (AvgIpc) is 3.29. The second kappa shape index (κ2) is 6.07. The van der Waals surface area contributed by atoms with Crippen LogP contribution in [0, 0.1) is 18.3 Å². The predicted molar refractivity (Wildman–Crippen MR) is 108 cm³/mol. The van der Waals surface area contributed by atoms with Gasteiger partial charge in [-0.1, -0.05) is 30.3 Å². The molecule has 0 bridgehead atoms. The molecule has 3 aromatic heterocycles. The molecule has 3 N–H and O–H groups in total. The van der Waals surface area contributed by atoms with E-state index in [1.54, 1.807) is 25.1 Å². The number of hydrogen-bond donors (Lipinski definition) is 2. The van der Waals surface area contributed by atoms with Crippen LogP contribution in [0.4, 0.5) is 5.69 Å². The van der Waals surface area contributed by atoms with Crippen molar-refractivity contribution in [3.63, 3.8) is 0 Å². The van der Waals surface area contributed by atoms with Crippen LogP contribution in [0.15, 0.2) is 57.7 Å². The molecule has 140 valence electrons. The number of nitrogens with one attached hydrogen (secondary N) is 1. The van der Waals surface area contributed by atoms with Crippen LogP contribution in [0.2, 0.25) is 0 Å². The number of nitrogens with two attached hydrogens (primary N) is 1. The van der Waals surface area contributed by atoms with Gasteiger partial charge in [-0.05, 0) is 30.7 Å². The maximum atomic E-state index is 13.3. The number of oxazole rings is 1. The lowest BCUT2D eigenvalue weighted by molar-refractivity contribution is 0.616. The highest BCUT2D eigenvalue weighted by Crippen LogP contribution is 2.29. The van der Waals surface area contributed by atoms with E-state index in [9.17, 15) is 10.1 Å². The summed E-state index contributed by atoms with van der Waals surface area (Å²) in [5.74, 6) is 0.168. The molecule has 0 radical (unpaired) electrons. The number of aromatic amines is 1. The van der Waals surface area contributed by atoms with Gasteiger partial charge in [-0.2, -0.15) is 14.9 Å². The van der Waals surface area contributed by atoms with Crippen LogP contribution in [-0.4, -0.2) is 19.6 Å². The Hall–Kier alpha value is -4.38. The zero-order valence-electron chi connectivity index (χ0n) is 15.3. The molecule has 0 aliphatic heterocycles. The smallest absolute Gasteiger partial charge is 0.287 e. The molecule has 0 saturated heterocycles. The van der Waals surface area contributed by atoms with E-state index in [0.29, 0.717) is 33.7 Å². The van der Waals surface area contributed by atoms with Crippen LogP contribution in [0.1, 0.15) is 11.4 Å². The summed E-state index contributed by atoms with van der Waals surface area (Å²) < 4.78 is 6.96. The van der Waals surface area contributed by atoms with Gasteiger partial charge in [0.05, 0.1) is 5.56 Å². The Morgan fingerprint density at radius 3 is 2.72 bits per heavy atom. The normalized spacial score (nSPS) is 11.2. The summed E-state index contributed by atoms with van der Waals surface area (Å²) in [7, 11) is 0. The fourth-order valence-corrected chi connectivity index (χ4v) is 3.45. The van der Waals surface area contributed by atoms with Gasteiger partial charge < -0.3 is 15.1 Å². The Morgan fingerprint density at radius 1 is 1.17 bits per heavy atom. The van der Waals surface area contributed by atoms with Gasteiger partial charge in [-0.25, -0.2) is 4.98 Å². The third kappa shape index (κ3) is 2.49. The van der Waals surface area contributed by atoms with E-state index in [4.69, 9.17) is 10.2 Å². The van der Waals surface area contributed by atoms with Crippen LogP contribution >= 0.6 is 0 Å². The van der Waals surface area contributed by atoms with Crippen molar-refractivity contribution in [2.45, 2.75) is 6.92 Å². The highest BCUT2D eigenvalue weighted by Gasteiger charge is 2.22. The first-order valence-electron chi connectivity index (χ1n) is 8.84. The zero-order chi connectivity index (χ0) is 20.1. The van der Waals surface area contributed by atoms with E-state index in [0.717, 1.165) is 5.56 Å². The lowest BCUT2D eigenvalue weighted by atomic mass is 10.1. The van der Waals surface area contributed by atoms with Gasteiger partial charge in [0, 0.05) is 11.4 Å². The molecular formula is C21H14N6O2. The molecule has 29 heavy (non-hydrogen) atoms. The fraction of sp³-hybridized carbons (Fsp3) is 0.0476. The van der Waals surface area contributed by atoms with Crippen LogP contribution in [0.5, 0.6) is 0 Å². The molecule has 3 heterocycles. The van der Waals surface area contributed by atoms with E-state index < -0.39 is 5.56 Å². The minimum Gasteiger partial charge on any atom is -0.436 e. The quantitative estimate of drug-likeness (QED) is 0.451. The summed E-state index contributed by atoms with van der Waals surface area (Å²) in [6.45, 7) is 1.76. The molecule has 0 aliphatic carbocycles. The van der Waals surface area contributed by atoms with Crippen molar-refractivity contribution >= 4 is 22.4 Å². The van der Waals surface area contributed by atoms with E-state index in [-0.39, 0.29) is 17.1 Å². The van der Waals surface area contributed by atoms with Crippen molar-refractivity contribution in [2.24, 2.45) is 0 Å². The molecular weight excluding hydrogens is 368 g/mol. The molecule has 0 unspecified atom stereocenters. The number of aromatic nitrogens is 4. The largest absolute Gasteiger partial charge is 0.436 e. The van der Waals surface area contributed by atoms with Crippen molar-refractivity contribution in [3.8, 4) is 28.7 Å². The van der Waals surface area contributed by atoms with Gasteiger partial charge in [-0.3, -0.25) is 4.79 Å².